The Bertz CT molecular complexity index is 499. The molecule has 0 unspecified atom stereocenters. The number of carbonyl (C=O) groups excluding carboxylic acids is 1. The second kappa shape index (κ2) is 6.48. The van der Waals surface area contributed by atoms with Gasteiger partial charge in [0.15, 0.2) is 0 Å². The van der Waals surface area contributed by atoms with Crippen LogP contribution in [0.2, 0.25) is 0 Å². The first kappa shape index (κ1) is 15.8. The molecule has 1 amide bonds. The monoisotopic (exact) mass is 289 g/mol. The molecule has 0 aliphatic carbocycles. The number of amides is 1. The van der Waals surface area contributed by atoms with Crippen molar-refractivity contribution in [2.45, 2.75) is 46.5 Å². The summed E-state index contributed by atoms with van der Waals surface area (Å²) in [7, 11) is 0. The van der Waals surface area contributed by atoms with Gasteiger partial charge in [0.1, 0.15) is 0 Å². The topological polar surface area (TPSA) is 58.4 Å². The first-order chi connectivity index (χ1) is 10.0. The van der Waals surface area contributed by atoms with E-state index in [0.717, 1.165) is 31.5 Å². The molecule has 0 bridgehead atoms. The van der Waals surface area contributed by atoms with Crippen LogP contribution in [-0.2, 0) is 0 Å². The van der Waals surface area contributed by atoms with Crippen molar-refractivity contribution in [3.8, 4) is 0 Å². The van der Waals surface area contributed by atoms with Crippen LogP contribution in [-0.4, -0.2) is 23.9 Å². The maximum atomic E-state index is 12.7. The molecule has 116 valence electrons. The average molecular weight is 289 g/mol. The molecular formula is C17H27N3O. The van der Waals surface area contributed by atoms with Crippen LogP contribution in [0.4, 0.5) is 5.69 Å². The fourth-order valence-corrected chi connectivity index (χ4v) is 3.27. The van der Waals surface area contributed by atoms with Crippen molar-refractivity contribution < 1.29 is 4.79 Å². The van der Waals surface area contributed by atoms with Gasteiger partial charge in [0.05, 0.1) is 11.3 Å². The van der Waals surface area contributed by atoms with Crippen molar-refractivity contribution in [2.24, 2.45) is 11.3 Å². The average Bonchev–Trinajstić information content (AvgIpc) is 2.54. The number of anilines is 1. The van der Waals surface area contributed by atoms with E-state index in [9.17, 15) is 4.79 Å². The van der Waals surface area contributed by atoms with E-state index >= 15 is 0 Å². The zero-order valence-electron chi connectivity index (χ0n) is 13.4. The van der Waals surface area contributed by atoms with Gasteiger partial charge in [0, 0.05) is 13.1 Å². The maximum absolute atomic E-state index is 12.7. The first-order valence-corrected chi connectivity index (χ1v) is 7.92. The fraction of sp³-hybridized carbons (Fsp3) is 0.588. The molecule has 21 heavy (non-hydrogen) atoms. The summed E-state index contributed by atoms with van der Waals surface area (Å²) in [5.74, 6) is 5.62. The van der Waals surface area contributed by atoms with Crippen molar-refractivity contribution >= 4 is 11.6 Å². The van der Waals surface area contributed by atoms with Gasteiger partial charge in [0.2, 0.25) is 0 Å². The standard InChI is InChI=1S/C17H27N3O/c1-4-17(5-2)8-10-20(11-9-17)16(21)14-12-13(3)6-7-15(14)19-18/h6-7,12,19H,4-5,8-11,18H2,1-3H3. The molecule has 1 aliphatic heterocycles. The minimum Gasteiger partial charge on any atom is -0.339 e. The molecule has 0 aromatic heterocycles. The number of piperidine rings is 1. The third-order valence-corrected chi connectivity index (χ3v) is 5.17. The van der Waals surface area contributed by atoms with E-state index in [1.54, 1.807) is 0 Å². The van der Waals surface area contributed by atoms with Crippen molar-refractivity contribution in [1.82, 2.24) is 4.90 Å². The fourth-order valence-electron chi connectivity index (χ4n) is 3.27. The molecule has 1 saturated heterocycles. The normalized spacial score (nSPS) is 17.6. The van der Waals surface area contributed by atoms with Gasteiger partial charge in [0.25, 0.3) is 5.91 Å². The zero-order valence-corrected chi connectivity index (χ0v) is 13.4. The molecule has 1 fully saturated rings. The lowest BCUT2D eigenvalue weighted by Gasteiger charge is -2.41. The molecular weight excluding hydrogens is 262 g/mol. The Labute approximate surface area is 127 Å². The van der Waals surface area contributed by atoms with Gasteiger partial charge < -0.3 is 10.3 Å². The van der Waals surface area contributed by atoms with Crippen LogP contribution >= 0.6 is 0 Å². The number of hydrogen-bond acceptors (Lipinski definition) is 3. The first-order valence-electron chi connectivity index (χ1n) is 7.92. The van der Waals surface area contributed by atoms with E-state index in [4.69, 9.17) is 5.84 Å². The number of hydrazine groups is 1. The molecule has 0 radical (unpaired) electrons. The number of rotatable bonds is 4. The number of benzene rings is 1. The van der Waals surface area contributed by atoms with E-state index in [0.29, 0.717) is 16.7 Å². The third kappa shape index (κ3) is 3.21. The van der Waals surface area contributed by atoms with Gasteiger partial charge in [-0.3, -0.25) is 10.6 Å². The molecule has 1 aliphatic rings. The van der Waals surface area contributed by atoms with Crippen molar-refractivity contribution in [1.29, 1.82) is 0 Å². The lowest BCUT2D eigenvalue weighted by Crippen LogP contribution is -2.43. The Morgan fingerprint density at radius 3 is 2.43 bits per heavy atom. The number of nitrogens with one attached hydrogen (secondary N) is 1. The van der Waals surface area contributed by atoms with E-state index in [1.807, 2.05) is 30.0 Å². The smallest absolute Gasteiger partial charge is 0.256 e. The predicted molar refractivity (Wildman–Crippen MR) is 87.1 cm³/mol. The quantitative estimate of drug-likeness (QED) is 0.660. The van der Waals surface area contributed by atoms with Crippen LogP contribution in [0.15, 0.2) is 18.2 Å². The van der Waals surface area contributed by atoms with E-state index < -0.39 is 0 Å². The molecule has 3 N–H and O–H groups in total. The highest BCUT2D eigenvalue weighted by Crippen LogP contribution is 2.38. The van der Waals surface area contributed by atoms with Crippen LogP contribution in [0.1, 0.15) is 55.5 Å². The van der Waals surface area contributed by atoms with Gasteiger partial charge >= 0.3 is 0 Å². The van der Waals surface area contributed by atoms with Gasteiger partial charge in [-0.05, 0) is 37.3 Å². The Morgan fingerprint density at radius 2 is 1.90 bits per heavy atom. The highest BCUT2D eigenvalue weighted by atomic mass is 16.2. The van der Waals surface area contributed by atoms with Crippen molar-refractivity contribution in [3.63, 3.8) is 0 Å². The molecule has 0 saturated carbocycles. The van der Waals surface area contributed by atoms with Gasteiger partial charge in [-0.15, -0.1) is 0 Å². The third-order valence-electron chi connectivity index (χ3n) is 5.17. The molecule has 4 nitrogen and oxygen atoms in total. The predicted octanol–water partition coefficient (Wildman–Crippen LogP) is 3.32. The van der Waals surface area contributed by atoms with Gasteiger partial charge in [-0.25, -0.2) is 0 Å². The number of hydrogen-bond donors (Lipinski definition) is 2. The number of nitrogen functional groups attached to an aromatic ring is 1. The number of carbonyl (C=O) groups is 1. The minimum atomic E-state index is 0.0902. The van der Waals surface area contributed by atoms with Gasteiger partial charge in [-0.1, -0.05) is 38.3 Å². The largest absolute Gasteiger partial charge is 0.339 e. The molecule has 1 heterocycles. The van der Waals surface area contributed by atoms with Crippen LogP contribution in [0.5, 0.6) is 0 Å². The lowest BCUT2D eigenvalue weighted by molar-refractivity contribution is 0.0558. The Morgan fingerprint density at radius 1 is 1.29 bits per heavy atom. The number of likely N-dealkylation sites (tertiary alicyclic amines) is 1. The Kier molecular flexibility index (Phi) is 4.88. The number of nitrogens with zero attached hydrogens (tertiary/aromatic N) is 1. The summed E-state index contributed by atoms with van der Waals surface area (Å²) in [5.41, 5.74) is 5.52. The Hall–Kier alpha value is -1.55. The van der Waals surface area contributed by atoms with Gasteiger partial charge in [-0.2, -0.15) is 0 Å². The van der Waals surface area contributed by atoms with Crippen molar-refractivity contribution in [3.05, 3.63) is 29.3 Å². The molecule has 0 atom stereocenters. The summed E-state index contributed by atoms with van der Waals surface area (Å²) in [4.78, 5) is 14.7. The van der Waals surface area contributed by atoms with Crippen LogP contribution in [0.3, 0.4) is 0 Å². The second-order valence-corrected chi connectivity index (χ2v) is 6.19. The Balaban J connectivity index is 2.14. The number of nitrogens with two attached hydrogens (primary N) is 1. The summed E-state index contributed by atoms with van der Waals surface area (Å²) < 4.78 is 0. The summed E-state index contributed by atoms with van der Waals surface area (Å²) in [5, 5.41) is 0. The minimum absolute atomic E-state index is 0.0902. The highest BCUT2D eigenvalue weighted by Gasteiger charge is 2.33. The SMILES string of the molecule is CCC1(CC)CCN(C(=O)c2cc(C)ccc2NN)CC1. The van der Waals surface area contributed by atoms with E-state index in [1.165, 1.54) is 12.8 Å². The van der Waals surface area contributed by atoms with Crippen LogP contribution in [0.25, 0.3) is 0 Å². The molecule has 1 aromatic rings. The highest BCUT2D eigenvalue weighted by molar-refractivity contribution is 5.99. The molecule has 2 rings (SSSR count). The molecule has 0 spiro atoms. The number of aryl methyl sites for hydroxylation is 1. The lowest BCUT2D eigenvalue weighted by atomic mass is 9.74. The van der Waals surface area contributed by atoms with Crippen LogP contribution < -0.4 is 11.3 Å². The summed E-state index contributed by atoms with van der Waals surface area (Å²) in [6, 6.07) is 5.75. The summed E-state index contributed by atoms with van der Waals surface area (Å²) >= 11 is 0. The summed E-state index contributed by atoms with van der Waals surface area (Å²) in [6.07, 6.45) is 4.60. The second-order valence-electron chi connectivity index (χ2n) is 6.19. The molecule has 4 heteroatoms. The zero-order chi connectivity index (χ0) is 15.5. The van der Waals surface area contributed by atoms with E-state index in [2.05, 4.69) is 19.3 Å². The maximum Gasteiger partial charge on any atom is 0.256 e. The molecule has 1 aromatic carbocycles. The van der Waals surface area contributed by atoms with Crippen LogP contribution in [0, 0.1) is 12.3 Å². The summed E-state index contributed by atoms with van der Waals surface area (Å²) in [6.45, 7) is 8.21. The van der Waals surface area contributed by atoms with E-state index in [-0.39, 0.29) is 5.91 Å². The van der Waals surface area contributed by atoms with Crippen molar-refractivity contribution in [2.75, 3.05) is 18.5 Å².